The molecule has 180 valence electrons. The standard InChI is InChI=1S/C26H23F3N4OS/c1-15-19(26(27,28)29)8-5-9-20(15)31-24(34)23-22(30)18-12-17-14-33(13-16-6-3-2-4-7-16)11-10-21(17)32-25(18)35-23/h2-9,12H,10-11,13-14,30H2,1H3,(H,31,34). The highest BCUT2D eigenvalue weighted by atomic mass is 32.1. The van der Waals surface area contributed by atoms with E-state index in [0.29, 0.717) is 15.9 Å². The van der Waals surface area contributed by atoms with E-state index in [1.807, 2.05) is 24.3 Å². The van der Waals surface area contributed by atoms with Gasteiger partial charge in [0, 0.05) is 42.8 Å². The number of nitrogen functional groups attached to an aromatic ring is 1. The summed E-state index contributed by atoms with van der Waals surface area (Å²) in [7, 11) is 0. The summed E-state index contributed by atoms with van der Waals surface area (Å²) >= 11 is 1.16. The second-order valence-corrected chi connectivity index (χ2v) is 9.67. The van der Waals surface area contributed by atoms with E-state index in [0.717, 1.165) is 54.7 Å². The van der Waals surface area contributed by atoms with Gasteiger partial charge in [0.05, 0.1) is 11.3 Å². The molecule has 1 amide bonds. The number of hydrogen-bond donors (Lipinski definition) is 2. The number of pyridine rings is 1. The van der Waals surface area contributed by atoms with E-state index in [1.54, 1.807) is 0 Å². The zero-order chi connectivity index (χ0) is 24.7. The van der Waals surface area contributed by atoms with Crippen LogP contribution >= 0.6 is 11.3 Å². The fourth-order valence-corrected chi connectivity index (χ4v) is 5.45. The van der Waals surface area contributed by atoms with E-state index < -0.39 is 17.6 Å². The van der Waals surface area contributed by atoms with Gasteiger partial charge < -0.3 is 11.1 Å². The average Bonchev–Trinajstić information content (AvgIpc) is 3.14. The number of alkyl halides is 3. The summed E-state index contributed by atoms with van der Waals surface area (Å²) in [6.45, 7) is 3.78. The molecule has 1 aliphatic heterocycles. The Kier molecular flexibility index (Phi) is 5.98. The quantitative estimate of drug-likeness (QED) is 0.363. The molecule has 2 aromatic carbocycles. The number of hydrogen-bond acceptors (Lipinski definition) is 5. The Bertz CT molecular complexity index is 1420. The van der Waals surface area contributed by atoms with Gasteiger partial charge in [-0.05, 0) is 41.8 Å². The molecule has 3 heterocycles. The molecule has 0 saturated heterocycles. The Labute approximate surface area is 204 Å². The number of thiophene rings is 1. The lowest BCUT2D eigenvalue weighted by Crippen LogP contribution is -2.30. The molecule has 0 bridgehead atoms. The van der Waals surface area contributed by atoms with Crippen molar-refractivity contribution in [1.29, 1.82) is 0 Å². The smallest absolute Gasteiger partial charge is 0.397 e. The summed E-state index contributed by atoms with van der Waals surface area (Å²) in [6, 6.07) is 16.0. The fourth-order valence-electron chi connectivity index (χ4n) is 4.46. The maximum Gasteiger partial charge on any atom is 0.416 e. The number of fused-ring (bicyclic) bond motifs is 2. The summed E-state index contributed by atoms with van der Waals surface area (Å²) in [4.78, 5) is 21.0. The third-order valence-corrected chi connectivity index (χ3v) is 7.41. The molecule has 0 atom stereocenters. The summed E-state index contributed by atoms with van der Waals surface area (Å²) in [5, 5.41) is 3.30. The van der Waals surface area contributed by atoms with Crippen molar-refractivity contribution in [2.75, 3.05) is 17.6 Å². The molecule has 3 N–H and O–H groups in total. The Balaban J connectivity index is 1.40. The van der Waals surface area contributed by atoms with Crippen molar-refractivity contribution in [1.82, 2.24) is 9.88 Å². The number of halogens is 3. The summed E-state index contributed by atoms with van der Waals surface area (Å²) in [5.41, 5.74) is 9.21. The number of nitrogens with one attached hydrogen (secondary N) is 1. The highest BCUT2D eigenvalue weighted by Crippen LogP contribution is 2.37. The molecule has 5 nitrogen and oxygen atoms in total. The molecule has 9 heteroatoms. The number of nitrogens with two attached hydrogens (primary N) is 1. The van der Waals surface area contributed by atoms with E-state index in [9.17, 15) is 18.0 Å². The Hall–Kier alpha value is -3.43. The van der Waals surface area contributed by atoms with Crippen LogP contribution in [-0.4, -0.2) is 22.3 Å². The van der Waals surface area contributed by atoms with E-state index in [2.05, 4.69) is 22.3 Å². The van der Waals surface area contributed by atoms with Gasteiger partial charge in [-0.15, -0.1) is 11.3 Å². The van der Waals surface area contributed by atoms with Crippen LogP contribution in [0, 0.1) is 6.92 Å². The Morgan fingerprint density at radius 1 is 1.17 bits per heavy atom. The first-order valence-electron chi connectivity index (χ1n) is 11.2. The average molecular weight is 497 g/mol. The molecule has 0 radical (unpaired) electrons. The lowest BCUT2D eigenvalue weighted by atomic mass is 10.0. The van der Waals surface area contributed by atoms with Crippen LogP contribution in [0.3, 0.4) is 0 Å². The van der Waals surface area contributed by atoms with Crippen LogP contribution in [0.5, 0.6) is 0 Å². The van der Waals surface area contributed by atoms with Crippen molar-refractivity contribution < 1.29 is 18.0 Å². The third-order valence-electron chi connectivity index (χ3n) is 6.29. The number of carbonyl (C=O) groups is 1. The van der Waals surface area contributed by atoms with Gasteiger partial charge in [-0.1, -0.05) is 36.4 Å². The van der Waals surface area contributed by atoms with Crippen LogP contribution in [0.2, 0.25) is 0 Å². The minimum Gasteiger partial charge on any atom is -0.397 e. The first kappa shape index (κ1) is 23.3. The van der Waals surface area contributed by atoms with E-state index >= 15 is 0 Å². The normalized spacial score (nSPS) is 14.2. The Morgan fingerprint density at radius 3 is 2.69 bits per heavy atom. The van der Waals surface area contributed by atoms with Crippen molar-refractivity contribution in [3.63, 3.8) is 0 Å². The molecule has 5 rings (SSSR count). The first-order chi connectivity index (χ1) is 16.7. The van der Waals surface area contributed by atoms with E-state index in [4.69, 9.17) is 10.7 Å². The first-order valence-corrected chi connectivity index (χ1v) is 12.0. The van der Waals surface area contributed by atoms with Crippen LogP contribution in [0.1, 0.15) is 37.6 Å². The van der Waals surface area contributed by atoms with Crippen LogP contribution in [0.25, 0.3) is 10.2 Å². The zero-order valence-corrected chi connectivity index (χ0v) is 19.8. The SMILES string of the molecule is Cc1c(NC(=O)c2sc3nc4c(cc3c2N)CN(Cc2ccccc2)CC4)cccc1C(F)(F)F. The largest absolute Gasteiger partial charge is 0.416 e. The van der Waals surface area contributed by atoms with E-state index in [-0.39, 0.29) is 16.1 Å². The van der Waals surface area contributed by atoms with Gasteiger partial charge in [0.15, 0.2) is 0 Å². The molecule has 0 fully saturated rings. The monoisotopic (exact) mass is 496 g/mol. The molecular formula is C26H23F3N4OS. The highest BCUT2D eigenvalue weighted by Gasteiger charge is 2.33. The topological polar surface area (TPSA) is 71.2 Å². The molecule has 0 aliphatic carbocycles. The zero-order valence-electron chi connectivity index (χ0n) is 18.9. The van der Waals surface area contributed by atoms with Crippen molar-refractivity contribution in [2.24, 2.45) is 0 Å². The molecular weight excluding hydrogens is 473 g/mol. The van der Waals surface area contributed by atoms with Crippen molar-refractivity contribution in [2.45, 2.75) is 32.6 Å². The number of benzene rings is 2. The van der Waals surface area contributed by atoms with Crippen LogP contribution < -0.4 is 11.1 Å². The number of rotatable bonds is 4. The summed E-state index contributed by atoms with van der Waals surface area (Å²) in [6.07, 6.45) is -3.71. The van der Waals surface area contributed by atoms with Gasteiger partial charge >= 0.3 is 6.18 Å². The molecule has 0 unspecified atom stereocenters. The van der Waals surface area contributed by atoms with Gasteiger partial charge in [0.2, 0.25) is 0 Å². The second kappa shape index (κ2) is 8.98. The maximum absolute atomic E-state index is 13.2. The van der Waals surface area contributed by atoms with Gasteiger partial charge in [-0.3, -0.25) is 9.69 Å². The maximum atomic E-state index is 13.2. The van der Waals surface area contributed by atoms with Crippen LogP contribution in [0.4, 0.5) is 24.5 Å². The minimum atomic E-state index is -4.50. The van der Waals surface area contributed by atoms with Crippen LogP contribution in [-0.2, 0) is 25.7 Å². The van der Waals surface area contributed by atoms with Gasteiger partial charge in [0.25, 0.3) is 5.91 Å². The molecule has 0 spiro atoms. The number of anilines is 2. The minimum absolute atomic E-state index is 0.0415. The van der Waals surface area contributed by atoms with Gasteiger partial charge in [0.1, 0.15) is 9.71 Å². The molecule has 4 aromatic rings. The molecule has 35 heavy (non-hydrogen) atoms. The molecule has 0 saturated carbocycles. The number of carbonyl (C=O) groups excluding carboxylic acids is 1. The number of amides is 1. The number of aromatic nitrogens is 1. The highest BCUT2D eigenvalue weighted by molar-refractivity contribution is 7.21. The van der Waals surface area contributed by atoms with E-state index in [1.165, 1.54) is 24.6 Å². The predicted octanol–water partition coefficient (Wildman–Crippen LogP) is 6.02. The third kappa shape index (κ3) is 4.61. The lowest BCUT2D eigenvalue weighted by molar-refractivity contribution is -0.138. The second-order valence-electron chi connectivity index (χ2n) is 8.67. The van der Waals surface area contributed by atoms with Crippen molar-refractivity contribution >= 4 is 38.8 Å². The van der Waals surface area contributed by atoms with Gasteiger partial charge in [-0.2, -0.15) is 13.2 Å². The van der Waals surface area contributed by atoms with Crippen molar-refractivity contribution in [3.8, 4) is 0 Å². The fraction of sp³-hybridized carbons (Fsp3) is 0.231. The molecule has 2 aromatic heterocycles. The Morgan fingerprint density at radius 2 is 1.94 bits per heavy atom. The molecule has 1 aliphatic rings. The lowest BCUT2D eigenvalue weighted by Gasteiger charge is -2.28. The van der Waals surface area contributed by atoms with Crippen LogP contribution in [0.15, 0.2) is 54.6 Å². The summed E-state index contributed by atoms with van der Waals surface area (Å²) in [5.74, 6) is -0.545. The predicted molar refractivity (Wildman–Crippen MR) is 132 cm³/mol. The number of nitrogens with zero attached hydrogens (tertiary/aromatic N) is 2. The van der Waals surface area contributed by atoms with Gasteiger partial charge in [-0.25, -0.2) is 4.98 Å². The van der Waals surface area contributed by atoms with Crippen molar-refractivity contribution in [3.05, 3.63) is 87.4 Å². The summed E-state index contributed by atoms with van der Waals surface area (Å²) < 4.78 is 39.7.